The van der Waals surface area contributed by atoms with Crippen LogP contribution in [-0.4, -0.2) is 35.4 Å². The molecule has 3 aromatic carbocycles. The zero-order valence-electron chi connectivity index (χ0n) is 18.3. The van der Waals surface area contributed by atoms with Crippen LogP contribution in [0.15, 0.2) is 83.3 Å². The van der Waals surface area contributed by atoms with Crippen molar-refractivity contribution < 1.29 is 13.9 Å². The van der Waals surface area contributed by atoms with Gasteiger partial charge in [0.15, 0.2) is 5.76 Å². The first-order valence-corrected chi connectivity index (χ1v) is 12.3. The van der Waals surface area contributed by atoms with Crippen LogP contribution in [0.1, 0.15) is 21.9 Å². The summed E-state index contributed by atoms with van der Waals surface area (Å²) in [5, 5.41) is 5.31. The molecule has 1 N–H and O–H groups in total. The van der Waals surface area contributed by atoms with Crippen molar-refractivity contribution in [2.75, 3.05) is 29.9 Å². The number of nitrogens with one attached hydrogen (secondary N) is 1. The molecule has 168 valence electrons. The number of anilines is 1. The Labute approximate surface area is 197 Å². The number of amides is 1. The standard InChI is InChI=1S/C27H26N2O3S/c30-27(28-25-8-4-3-7-22(25)18-29-13-15-33-16-14-29)26-12-11-24(32-26)19-31-23-10-9-20-5-1-2-6-21(20)17-23/h1-12,17H,13-16,18-19H2,(H,28,30). The lowest BCUT2D eigenvalue weighted by Crippen LogP contribution is -2.32. The van der Waals surface area contributed by atoms with E-state index in [1.165, 1.54) is 5.39 Å². The van der Waals surface area contributed by atoms with Crippen molar-refractivity contribution in [2.45, 2.75) is 13.2 Å². The minimum Gasteiger partial charge on any atom is -0.486 e. The second kappa shape index (κ2) is 10.1. The topological polar surface area (TPSA) is 54.7 Å². The molecule has 6 heteroatoms. The van der Waals surface area contributed by atoms with Crippen molar-refractivity contribution in [3.63, 3.8) is 0 Å². The maximum atomic E-state index is 12.8. The highest BCUT2D eigenvalue weighted by molar-refractivity contribution is 7.99. The minimum absolute atomic E-state index is 0.256. The van der Waals surface area contributed by atoms with Crippen LogP contribution < -0.4 is 10.1 Å². The van der Waals surface area contributed by atoms with E-state index in [0.717, 1.165) is 53.5 Å². The zero-order valence-corrected chi connectivity index (χ0v) is 19.1. The Balaban J connectivity index is 1.21. The Hall–Kier alpha value is -3.22. The van der Waals surface area contributed by atoms with Crippen molar-refractivity contribution in [1.29, 1.82) is 0 Å². The van der Waals surface area contributed by atoms with Crippen molar-refractivity contribution in [3.05, 3.63) is 95.9 Å². The first-order valence-electron chi connectivity index (χ1n) is 11.1. The van der Waals surface area contributed by atoms with Gasteiger partial charge in [0, 0.05) is 36.8 Å². The highest BCUT2D eigenvalue weighted by atomic mass is 32.2. The largest absolute Gasteiger partial charge is 0.486 e. The van der Waals surface area contributed by atoms with E-state index in [2.05, 4.69) is 28.4 Å². The molecule has 1 saturated heterocycles. The maximum absolute atomic E-state index is 12.8. The number of ether oxygens (including phenoxy) is 1. The number of hydrogen-bond acceptors (Lipinski definition) is 5. The van der Waals surface area contributed by atoms with Crippen LogP contribution in [0, 0.1) is 0 Å². The van der Waals surface area contributed by atoms with Crippen LogP contribution in [0.5, 0.6) is 5.75 Å². The Morgan fingerprint density at radius 2 is 1.73 bits per heavy atom. The average molecular weight is 459 g/mol. The highest BCUT2D eigenvalue weighted by Gasteiger charge is 2.16. The third kappa shape index (κ3) is 5.41. The number of carbonyl (C=O) groups excluding carboxylic acids is 1. The second-order valence-corrected chi connectivity index (χ2v) is 9.29. The number of hydrogen-bond donors (Lipinski definition) is 1. The summed E-state index contributed by atoms with van der Waals surface area (Å²) >= 11 is 1.99. The fourth-order valence-electron chi connectivity index (χ4n) is 3.95. The SMILES string of the molecule is O=C(Nc1ccccc1CN1CCSCC1)c1ccc(COc2ccc3ccccc3c2)o1. The summed E-state index contributed by atoms with van der Waals surface area (Å²) in [5.74, 6) is 3.70. The van der Waals surface area contributed by atoms with Gasteiger partial charge in [-0.05, 0) is 46.7 Å². The first-order chi connectivity index (χ1) is 16.2. The van der Waals surface area contributed by atoms with Gasteiger partial charge in [0.25, 0.3) is 5.91 Å². The Bertz CT molecular complexity index is 1250. The average Bonchev–Trinajstić information content (AvgIpc) is 3.34. The van der Waals surface area contributed by atoms with E-state index >= 15 is 0 Å². The minimum atomic E-state index is -0.256. The summed E-state index contributed by atoms with van der Waals surface area (Å²) in [7, 11) is 0. The molecule has 1 aliphatic rings. The number of rotatable bonds is 7. The number of benzene rings is 3. The van der Waals surface area contributed by atoms with E-state index in [1.807, 2.05) is 60.3 Å². The molecule has 5 nitrogen and oxygen atoms in total. The van der Waals surface area contributed by atoms with Crippen LogP contribution >= 0.6 is 11.8 Å². The third-order valence-corrected chi connectivity index (χ3v) is 6.69. The van der Waals surface area contributed by atoms with Crippen molar-refractivity contribution in [2.24, 2.45) is 0 Å². The Morgan fingerprint density at radius 1 is 0.939 bits per heavy atom. The summed E-state index contributed by atoms with van der Waals surface area (Å²) in [5.41, 5.74) is 1.94. The fraction of sp³-hybridized carbons (Fsp3) is 0.222. The molecule has 0 radical (unpaired) electrons. The third-order valence-electron chi connectivity index (χ3n) is 5.75. The predicted octanol–water partition coefficient (Wildman–Crippen LogP) is 5.81. The molecule has 0 spiro atoms. The molecule has 0 bridgehead atoms. The summed E-state index contributed by atoms with van der Waals surface area (Å²) in [6, 6.07) is 25.6. The van der Waals surface area contributed by atoms with Crippen molar-refractivity contribution in [3.8, 4) is 5.75 Å². The number of fused-ring (bicyclic) bond motifs is 1. The van der Waals surface area contributed by atoms with Gasteiger partial charge in [0.2, 0.25) is 0 Å². The Morgan fingerprint density at radius 3 is 2.61 bits per heavy atom. The fourth-order valence-corrected chi connectivity index (χ4v) is 4.93. The van der Waals surface area contributed by atoms with E-state index in [0.29, 0.717) is 5.76 Å². The second-order valence-electron chi connectivity index (χ2n) is 8.06. The van der Waals surface area contributed by atoms with Gasteiger partial charge >= 0.3 is 0 Å². The molecule has 1 fully saturated rings. The van der Waals surface area contributed by atoms with Gasteiger partial charge in [-0.3, -0.25) is 9.69 Å². The van der Waals surface area contributed by atoms with Gasteiger partial charge in [-0.25, -0.2) is 0 Å². The first kappa shape index (κ1) is 21.6. The molecule has 33 heavy (non-hydrogen) atoms. The summed E-state index contributed by atoms with van der Waals surface area (Å²) < 4.78 is 11.6. The van der Waals surface area contributed by atoms with Crippen LogP contribution in [-0.2, 0) is 13.2 Å². The maximum Gasteiger partial charge on any atom is 0.291 e. The van der Waals surface area contributed by atoms with Gasteiger partial charge < -0.3 is 14.5 Å². The highest BCUT2D eigenvalue weighted by Crippen LogP contribution is 2.23. The molecule has 2 heterocycles. The normalized spacial score (nSPS) is 14.3. The zero-order chi connectivity index (χ0) is 22.5. The van der Waals surface area contributed by atoms with E-state index < -0.39 is 0 Å². The smallest absolute Gasteiger partial charge is 0.291 e. The van der Waals surface area contributed by atoms with Gasteiger partial charge in [0.1, 0.15) is 18.1 Å². The Kier molecular flexibility index (Phi) is 6.65. The van der Waals surface area contributed by atoms with Gasteiger partial charge in [-0.15, -0.1) is 0 Å². The summed E-state index contributed by atoms with van der Waals surface area (Å²) in [4.78, 5) is 15.3. The number of thioether (sulfide) groups is 1. The molecule has 0 unspecified atom stereocenters. The van der Waals surface area contributed by atoms with Gasteiger partial charge in [0.05, 0.1) is 0 Å². The quantitative estimate of drug-likeness (QED) is 0.379. The van der Waals surface area contributed by atoms with E-state index in [4.69, 9.17) is 9.15 Å². The van der Waals surface area contributed by atoms with Crippen LogP contribution in [0.3, 0.4) is 0 Å². The molecular formula is C27H26N2O3S. The number of para-hydroxylation sites is 1. The molecule has 1 aliphatic heterocycles. The number of furan rings is 1. The molecule has 0 aliphatic carbocycles. The molecule has 1 amide bonds. The molecule has 1 aromatic heterocycles. The lowest BCUT2D eigenvalue weighted by atomic mass is 10.1. The monoisotopic (exact) mass is 458 g/mol. The van der Waals surface area contributed by atoms with Crippen molar-refractivity contribution >= 4 is 34.1 Å². The van der Waals surface area contributed by atoms with E-state index in [9.17, 15) is 4.79 Å². The van der Waals surface area contributed by atoms with Crippen LogP contribution in [0.2, 0.25) is 0 Å². The van der Waals surface area contributed by atoms with Crippen molar-refractivity contribution in [1.82, 2.24) is 4.90 Å². The lowest BCUT2D eigenvalue weighted by molar-refractivity contribution is 0.0992. The van der Waals surface area contributed by atoms with Crippen LogP contribution in [0.4, 0.5) is 5.69 Å². The van der Waals surface area contributed by atoms with Gasteiger partial charge in [-0.2, -0.15) is 11.8 Å². The molecule has 5 rings (SSSR count). The molecule has 0 atom stereocenters. The van der Waals surface area contributed by atoms with E-state index in [-0.39, 0.29) is 18.3 Å². The molecular weight excluding hydrogens is 432 g/mol. The number of carbonyl (C=O) groups is 1. The van der Waals surface area contributed by atoms with E-state index in [1.54, 1.807) is 12.1 Å². The van der Waals surface area contributed by atoms with Crippen LogP contribution in [0.25, 0.3) is 10.8 Å². The molecule has 0 saturated carbocycles. The van der Waals surface area contributed by atoms with Gasteiger partial charge in [-0.1, -0.05) is 48.5 Å². The predicted molar refractivity (Wildman–Crippen MR) is 134 cm³/mol. The summed E-state index contributed by atoms with van der Waals surface area (Å²) in [6.45, 7) is 3.24. The lowest BCUT2D eigenvalue weighted by Gasteiger charge is -2.27. The number of nitrogens with zero attached hydrogens (tertiary/aromatic N) is 1. The molecule has 4 aromatic rings. The summed E-state index contributed by atoms with van der Waals surface area (Å²) in [6.07, 6.45) is 0.